The Morgan fingerprint density at radius 2 is 1.82 bits per heavy atom. The van der Waals surface area contributed by atoms with Gasteiger partial charge >= 0.3 is 0 Å². The smallest absolute Gasteiger partial charge is 0.248 e. The van der Waals surface area contributed by atoms with Crippen LogP contribution in [0.5, 0.6) is 0 Å². The van der Waals surface area contributed by atoms with Crippen molar-refractivity contribution < 1.29 is 17.9 Å². The van der Waals surface area contributed by atoms with Gasteiger partial charge in [0.2, 0.25) is 15.9 Å². The van der Waals surface area contributed by atoms with Crippen molar-refractivity contribution in [2.45, 2.75) is 24.8 Å². The molecule has 1 atom stereocenters. The van der Waals surface area contributed by atoms with Crippen molar-refractivity contribution in [3.05, 3.63) is 65.2 Å². The number of rotatable bonds is 8. The third-order valence-electron chi connectivity index (χ3n) is 3.85. The Bertz CT molecular complexity index is 956. The first kappa shape index (κ1) is 22.1. The average molecular weight is 423 g/mol. The molecule has 0 aliphatic carbocycles. The number of allylic oxidation sites excluding steroid dienone is 1. The number of anilines is 1. The quantitative estimate of drug-likeness (QED) is 0.635. The van der Waals surface area contributed by atoms with Gasteiger partial charge in [0.1, 0.15) is 0 Å². The van der Waals surface area contributed by atoms with Crippen LogP contribution in [0.25, 0.3) is 5.57 Å². The topological polar surface area (TPSA) is 84.5 Å². The first-order valence-corrected chi connectivity index (χ1v) is 10.4. The van der Waals surface area contributed by atoms with E-state index in [4.69, 9.17) is 16.3 Å². The molecule has 0 saturated carbocycles. The van der Waals surface area contributed by atoms with Crippen LogP contribution < -0.4 is 10.0 Å². The maximum Gasteiger partial charge on any atom is 0.248 e. The molecule has 0 heterocycles. The highest BCUT2D eigenvalue weighted by atomic mass is 35.5. The predicted octanol–water partition coefficient (Wildman–Crippen LogP) is 3.70. The number of hydrogen-bond acceptors (Lipinski definition) is 4. The minimum atomic E-state index is -3.66. The summed E-state index contributed by atoms with van der Waals surface area (Å²) in [7, 11) is -2.15. The first-order valence-electron chi connectivity index (χ1n) is 8.58. The minimum absolute atomic E-state index is 0.108. The maximum atomic E-state index is 12.3. The molecular weight excluding hydrogens is 400 g/mol. The van der Waals surface area contributed by atoms with Crippen LogP contribution >= 0.6 is 11.6 Å². The monoisotopic (exact) mass is 422 g/mol. The zero-order valence-electron chi connectivity index (χ0n) is 15.9. The molecule has 1 unspecified atom stereocenters. The van der Waals surface area contributed by atoms with E-state index in [9.17, 15) is 13.2 Å². The lowest BCUT2D eigenvalue weighted by atomic mass is 10.1. The fourth-order valence-electron chi connectivity index (χ4n) is 2.57. The molecule has 0 aliphatic heterocycles. The number of ether oxygens (including phenoxy) is 1. The predicted molar refractivity (Wildman–Crippen MR) is 112 cm³/mol. The normalized spacial score (nSPS) is 13.2. The van der Waals surface area contributed by atoms with E-state index in [1.54, 1.807) is 19.9 Å². The summed E-state index contributed by atoms with van der Waals surface area (Å²) in [6.07, 6.45) is 1.44. The van der Waals surface area contributed by atoms with Crippen LogP contribution in [0.4, 0.5) is 5.69 Å². The summed E-state index contributed by atoms with van der Waals surface area (Å²) in [4.78, 5) is 12.3. The van der Waals surface area contributed by atoms with Crippen molar-refractivity contribution in [3.8, 4) is 0 Å². The molecular formula is C20H23ClN2O4S. The Hall–Kier alpha value is -2.19. The number of halogens is 1. The van der Waals surface area contributed by atoms with Gasteiger partial charge in [0.15, 0.2) is 0 Å². The summed E-state index contributed by atoms with van der Waals surface area (Å²) < 4.78 is 32.1. The van der Waals surface area contributed by atoms with E-state index in [0.29, 0.717) is 10.7 Å². The average Bonchev–Trinajstić information content (AvgIpc) is 2.62. The highest BCUT2D eigenvalue weighted by Gasteiger charge is 2.17. The fraction of sp³-hybridized carbons (Fsp3) is 0.250. The van der Waals surface area contributed by atoms with E-state index in [0.717, 1.165) is 11.1 Å². The van der Waals surface area contributed by atoms with Gasteiger partial charge in [0, 0.05) is 29.9 Å². The van der Waals surface area contributed by atoms with Crippen LogP contribution in [-0.2, 0) is 19.6 Å². The number of methoxy groups -OCH3 is 1. The lowest BCUT2D eigenvalue weighted by Crippen LogP contribution is -2.35. The number of sulfonamides is 1. The molecule has 6 nitrogen and oxygen atoms in total. The molecule has 0 bridgehead atoms. The summed E-state index contributed by atoms with van der Waals surface area (Å²) >= 11 is 6.14. The van der Waals surface area contributed by atoms with Gasteiger partial charge in [0.25, 0.3) is 0 Å². The van der Waals surface area contributed by atoms with Crippen molar-refractivity contribution in [2.75, 3.05) is 19.0 Å². The Morgan fingerprint density at radius 1 is 1.18 bits per heavy atom. The molecule has 0 aromatic heterocycles. The highest BCUT2D eigenvalue weighted by molar-refractivity contribution is 7.89. The second-order valence-corrected chi connectivity index (χ2v) is 8.42. The zero-order chi connectivity index (χ0) is 20.7. The van der Waals surface area contributed by atoms with E-state index in [1.807, 2.05) is 18.2 Å². The van der Waals surface area contributed by atoms with Gasteiger partial charge in [-0.15, -0.1) is 0 Å². The summed E-state index contributed by atoms with van der Waals surface area (Å²) in [5.74, 6) is -0.333. The lowest BCUT2D eigenvalue weighted by molar-refractivity contribution is -0.111. The van der Waals surface area contributed by atoms with E-state index in [1.165, 1.54) is 37.5 Å². The molecule has 0 radical (unpaired) electrons. The highest BCUT2D eigenvalue weighted by Crippen LogP contribution is 2.23. The maximum absolute atomic E-state index is 12.3. The van der Waals surface area contributed by atoms with Crippen molar-refractivity contribution in [3.63, 3.8) is 0 Å². The molecule has 28 heavy (non-hydrogen) atoms. The van der Waals surface area contributed by atoms with Crippen LogP contribution in [0.1, 0.15) is 19.4 Å². The van der Waals surface area contributed by atoms with Gasteiger partial charge in [-0.1, -0.05) is 29.8 Å². The van der Waals surface area contributed by atoms with Crippen LogP contribution in [0.2, 0.25) is 5.02 Å². The zero-order valence-corrected chi connectivity index (χ0v) is 17.5. The van der Waals surface area contributed by atoms with E-state index in [2.05, 4.69) is 10.0 Å². The molecule has 150 valence electrons. The van der Waals surface area contributed by atoms with Crippen molar-refractivity contribution in [1.29, 1.82) is 0 Å². The van der Waals surface area contributed by atoms with Gasteiger partial charge < -0.3 is 10.1 Å². The van der Waals surface area contributed by atoms with E-state index in [-0.39, 0.29) is 23.5 Å². The van der Waals surface area contributed by atoms with E-state index < -0.39 is 10.0 Å². The number of carbonyl (C=O) groups is 1. The minimum Gasteiger partial charge on any atom is -0.383 e. The van der Waals surface area contributed by atoms with Gasteiger partial charge in [-0.3, -0.25) is 4.79 Å². The molecule has 0 aliphatic rings. The third kappa shape index (κ3) is 6.17. The summed E-state index contributed by atoms with van der Waals surface area (Å²) in [5, 5.41) is 3.27. The summed E-state index contributed by atoms with van der Waals surface area (Å²) in [5.41, 5.74) is 1.98. The molecule has 0 fully saturated rings. The van der Waals surface area contributed by atoms with Crippen LogP contribution in [0.3, 0.4) is 0 Å². The van der Waals surface area contributed by atoms with Crippen LogP contribution in [0, 0.1) is 0 Å². The Balaban J connectivity index is 2.07. The molecule has 2 rings (SSSR count). The van der Waals surface area contributed by atoms with Gasteiger partial charge in [0.05, 0.1) is 11.5 Å². The number of carbonyl (C=O) groups excluding carboxylic acids is 1. The molecule has 0 saturated heterocycles. The van der Waals surface area contributed by atoms with Crippen molar-refractivity contribution in [2.24, 2.45) is 0 Å². The van der Waals surface area contributed by atoms with Crippen molar-refractivity contribution in [1.82, 2.24) is 4.72 Å². The SMILES string of the molecule is COCC(C)NS(=O)(=O)c1ccc(NC(=O)/C=C(/C)c2ccccc2Cl)cc1. The van der Waals surface area contributed by atoms with E-state index >= 15 is 0 Å². The number of hydrogen-bond donors (Lipinski definition) is 2. The second-order valence-electron chi connectivity index (χ2n) is 6.30. The molecule has 1 amide bonds. The first-order chi connectivity index (χ1) is 13.2. The third-order valence-corrected chi connectivity index (χ3v) is 5.79. The van der Waals surface area contributed by atoms with Crippen LogP contribution in [0.15, 0.2) is 59.5 Å². The molecule has 8 heteroatoms. The second kappa shape index (κ2) is 9.84. The van der Waals surface area contributed by atoms with Gasteiger partial charge in [-0.2, -0.15) is 0 Å². The van der Waals surface area contributed by atoms with Gasteiger partial charge in [-0.25, -0.2) is 13.1 Å². The largest absolute Gasteiger partial charge is 0.383 e. The molecule has 2 N–H and O–H groups in total. The molecule has 0 spiro atoms. The van der Waals surface area contributed by atoms with Crippen LogP contribution in [-0.4, -0.2) is 34.1 Å². The van der Waals surface area contributed by atoms with Crippen molar-refractivity contribution >= 4 is 38.8 Å². The lowest BCUT2D eigenvalue weighted by Gasteiger charge is -2.13. The fourth-order valence-corrected chi connectivity index (χ4v) is 4.08. The Morgan fingerprint density at radius 3 is 2.43 bits per heavy atom. The summed E-state index contributed by atoms with van der Waals surface area (Å²) in [6.45, 7) is 3.77. The number of nitrogens with one attached hydrogen (secondary N) is 2. The Labute approximate surface area is 170 Å². The summed E-state index contributed by atoms with van der Waals surface area (Å²) in [6, 6.07) is 12.8. The number of amides is 1. The molecule has 2 aromatic rings. The number of benzene rings is 2. The standard InChI is InChI=1S/C20H23ClN2O4S/c1-14(18-6-4-5-7-19(18)21)12-20(24)22-16-8-10-17(11-9-16)28(25,26)23-15(2)13-27-3/h4-12,15,23H,13H2,1-3H3,(H,22,24)/b14-12-. The molecule has 2 aromatic carbocycles. The Kier molecular flexibility index (Phi) is 7.77. The van der Waals surface area contributed by atoms with Gasteiger partial charge in [-0.05, 0) is 55.3 Å².